The summed E-state index contributed by atoms with van der Waals surface area (Å²) in [4.78, 5) is 12.2. The highest BCUT2D eigenvalue weighted by atomic mass is 32.2. The number of amides is 1. The maximum Gasteiger partial charge on any atom is 0.416 e. The number of nitrogens with zero attached hydrogens (tertiary/aromatic N) is 1. The predicted octanol–water partition coefficient (Wildman–Crippen LogP) is 3.19. The zero-order valence-electron chi connectivity index (χ0n) is 15.9. The van der Waals surface area contributed by atoms with Gasteiger partial charge >= 0.3 is 6.18 Å². The molecule has 1 amide bonds. The van der Waals surface area contributed by atoms with E-state index in [0.29, 0.717) is 22.7 Å². The zero-order chi connectivity index (χ0) is 21.7. The molecule has 0 unspecified atom stereocenters. The van der Waals surface area contributed by atoms with Crippen LogP contribution < -0.4 is 14.4 Å². The molecule has 0 saturated heterocycles. The first-order valence-corrected chi connectivity index (χ1v) is 10.5. The van der Waals surface area contributed by atoms with Crippen LogP contribution in [-0.4, -0.2) is 33.7 Å². The summed E-state index contributed by atoms with van der Waals surface area (Å²) in [6.45, 7) is 1.86. The number of alkyl halides is 3. The van der Waals surface area contributed by atoms with E-state index in [2.05, 4.69) is 5.32 Å². The summed E-state index contributed by atoms with van der Waals surface area (Å²) in [5.41, 5.74) is -0.483. The predicted molar refractivity (Wildman–Crippen MR) is 103 cm³/mol. The normalized spacial score (nSPS) is 11.8. The number of hydrogen-bond donors (Lipinski definition) is 1. The number of carbonyl (C=O) groups excluding carboxylic acids is 1. The summed E-state index contributed by atoms with van der Waals surface area (Å²) in [6.07, 6.45) is -3.80. The van der Waals surface area contributed by atoms with Crippen molar-refractivity contribution in [2.45, 2.75) is 19.6 Å². The molecule has 29 heavy (non-hydrogen) atoms. The van der Waals surface area contributed by atoms with E-state index in [1.54, 1.807) is 24.3 Å². The summed E-state index contributed by atoms with van der Waals surface area (Å²) in [6, 6.07) is 10.8. The van der Waals surface area contributed by atoms with E-state index >= 15 is 0 Å². The third kappa shape index (κ3) is 6.67. The highest BCUT2D eigenvalue weighted by Gasteiger charge is 2.31. The standard InChI is InChI=1S/C19H21F3N2O4S/c1-3-28-17-9-7-14(8-10-17)12-23-18(25)13-24(29(2,26)27)16-6-4-5-15(11-16)19(20,21)22/h4-11H,3,12-13H2,1-2H3,(H,23,25). The van der Waals surface area contributed by atoms with Crippen molar-refractivity contribution in [2.24, 2.45) is 0 Å². The molecule has 2 aromatic rings. The van der Waals surface area contributed by atoms with Gasteiger partial charge in [-0.15, -0.1) is 0 Å². The van der Waals surface area contributed by atoms with Crippen LogP contribution >= 0.6 is 0 Å². The molecule has 10 heteroatoms. The fourth-order valence-corrected chi connectivity index (χ4v) is 3.34. The van der Waals surface area contributed by atoms with Gasteiger partial charge in [0.15, 0.2) is 0 Å². The van der Waals surface area contributed by atoms with Crippen LogP contribution in [0.3, 0.4) is 0 Å². The Morgan fingerprint density at radius 1 is 1.14 bits per heavy atom. The third-order valence-corrected chi connectivity index (χ3v) is 5.01. The van der Waals surface area contributed by atoms with Crippen molar-refractivity contribution < 1.29 is 31.1 Å². The van der Waals surface area contributed by atoms with E-state index in [1.807, 2.05) is 6.92 Å². The molecule has 0 fully saturated rings. The summed E-state index contributed by atoms with van der Waals surface area (Å²) in [7, 11) is -3.98. The smallest absolute Gasteiger partial charge is 0.416 e. The van der Waals surface area contributed by atoms with Gasteiger partial charge in [0, 0.05) is 6.54 Å². The Balaban J connectivity index is 2.10. The lowest BCUT2D eigenvalue weighted by molar-refractivity contribution is -0.137. The summed E-state index contributed by atoms with van der Waals surface area (Å²) < 4.78 is 68.8. The van der Waals surface area contributed by atoms with Gasteiger partial charge in [-0.1, -0.05) is 18.2 Å². The number of hydrogen-bond acceptors (Lipinski definition) is 4. The molecular weight excluding hydrogens is 409 g/mol. The molecule has 2 rings (SSSR count). The molecule has 0 aromatic heterocycles. The van der Waals surface area contributed by atoms with Crippen LogP contribution in [0.1, 0.15) is 18.1 Å². The molecule has 0 spiro atoms. The number of halogens is 3. The molecule has 0 radical (unpaired) electrons. The number of carbonyl (C=O) groups is 1. The molecule has 0 aliphatic carbocycles. The van der Waals surface area contributed by atoms with Crippen molar-refractivity contribution >= 4 is 21.6 Å². The topological polar surface area (TPSA) is 75.7 Å². The second-order valence-electron chi connectivity index (χ2n) is 6.17. The molecule has 0 heterocycles. The van der Waals surface area contributed by atoms with Crippen molar-refractivity contribution in [3.63, 3.8) is 0 Å². The van der Waals surface area contributed by atoms with Crippen molar-refractivity contribution in [2.75, 3.05) is 23.7 Å². The first-order valence-electron chi connectivity index (χ1n) is 8.64. The first-order chi connectivity index (χ1) is 13.5. The summed E-state index contributed by atoms with van der Waals surface area (Å²) in [5.74, 6) is 0.0251. The quantitative estimate of drug-likeness (QED) is 0.698. The molecule has 0 saturated carbocycles. The highest BCUT2D eigenvalue weighted by molar-refractivity contribution is 7.92. The largest absolute Gasteiger partial charge is 0.494 e. The highest BCUT2D eigenvalue weighted by Crippen LogP contribution is 2.32. The van der Waals surface area contributed by atoms with E-state index in [1.165, 1.54) is 6.07 Å². The lowest BCUT2D eigenvalue weighted by atomic mass is 10.2. The minimum atomic E-state index is -4.63. The average molecular weight is 430 g/mol. The van der Waals surface area contributed by atoms with Gasteiger partial charge in [0.2, 0.25) is 15.9 Å². The van der Waals surface area contributed by atoms with E-state index in [4.69, 9.17) is 4.74 Å². The SMILES string of the molecule is CCOc1ccc(CNC(=O)CN(c2cccc(C(F)(F)F)c2)S(C)(=O)=O)cc1. The molecule has 0 bridgehead atoms. The molecule has 1 N–H and O–H groups in total. The van der Waals surface area contributed by atoms with E-state index < -0.39 is 34.2 Å². The van der Waals surface area contributed by atoms with E-state index in [0.717, 1.165) is 24.0 Å². The maximum atomic E-state index is 12.9. The zero-order valence-corrected chi connectivity index (χ0v) is 16.7. The third-order valence-electron chi connectivity index (χ3n) is 3.87. The Labute approximate surface area is 167 Å². The molecule has 0 aliphatic rings. The second kappa shape index (κ2) is 9.17. The molecule has 0 aliphatic heterocycles. The molecule has 2 aromatic carbocycles. The van der Waals surface area contributed by atoms with Gasteiger partial charge in [-0.25, -0.2) is 8.42 Å². The lowest BCUT2D eigenvalue weighted by Gasteiger charge is -2.22. The van der Waals surface area contributed by atoms with Gasteiger partial charge in [-0.2, -0.15) is 13.2 Å². The minimum absolute atomic E-state index is 0.130. The van der Waals surface area contributed by atoms with Gasteiger partial charge in [-0.05, 0) is 42.8 Å². The van der Waals surface area contributed by atoms with Gasteiger partial charge in [0.05, 0.1) is 24.1 Å². The molecule has 0 atom stereocenters. The van der Waals surface area contributed by atoms with Gasteiger partial charge < -0.3 is 10.1 Å². The summed E-state index contributed by atoms with van der Waals surface area (Å²) in [5, 5.41) is 2.56. The monoisotopic (exact) mass is 430 g/mol. The van der Waals surface area contributed by atoms with E-state index in [-0.39, 0.29) is 12.2 Å². The fourth-order valence-electron chi connectivity index (χ4n) is 2.49. The van der Waals surface area contributed by atoms with Crippen LogP contribution in [0.4, 0.5) is 18.9 Å². The number of ether oxygens (including phenoxy) is 1. The Morgan fingerprint density at radius 3 is 2.34 bits per heavy atom. The number of rotatable bonds is 8. The van der Waals surface area contributed by atoms with Crippen molar-refractivity contribution in [1.29, 1.82) is 0 Å². The molecular formula is C19H21F3N2O4S. The maximum absolute atomic E-state index is 12.9. The lowest BCUT2D eigenvalue weighted by Crippen LogP contribution is -2.40. The van der Waals surface area contributed by atoms with Gasteiger partial charge in [0.25, 0.3) is 0 Å². The minimum Gasteiger partial charge on any atom is -0.494 e. The van der Waals surface area contributed by atoms with E-state index in [9.17, 15) is 26.4 Å². The van der Waals surface area contributed by atoms with Crippen molar-refractivity contribution in [3.05, 3.63) is 59.7 Å². The van der Waals surface area contributed by atoms with Crippen LogP contribution in [0, 0.1) is 0 Å². The summed E-state index contributed by atoms with van der Waals surface area (Å²) >= 11 is 0. The second-order valence-corrected chi connectivity index (χ2v) is 8.08. The van der Waals surface area contributed by atoms with Gasteiger partial charge in [0.1, 0.15) is 12.3 Å². The van der Waals surface area contributed by atoms with Crippen LogP contribution in [-0.2, 0) is 27.5 Å². The van der Waals surface area contributed by atoms with Crippen LogP contribution in [0.2, 0.25) is 0 Å². The average Bonchev–Trinajstić information content (AvgIpc) is 2.64. The number of sulfonamides is 1. The number of benzene rings is 2. The number of anilines is 1. The van der Waals surface area contributed by atoms with Crippen LogP contribution in [0.5, 0.6) is 5.75 Å². The van der Waals surface area contributed by atoms with Crippen molar-refractivity contribution in [3.8, 4) is 5.75 Å². The number of nitrogens with one attached hydrogen (secondary N) is 1. The Hall–Kier alpha value is -2.75. The molecule has 158 valence electrons. The van der Waals surface area contributed by atoms with Crippen LogP contribution in [0.25, 0.3) is 0 Å². The molecule has 6 nitrogen and oxygen atoms in total. The fraction of sp³-hybridized carbons (Fsp3) is 0.316. The van der Waals surface area contributed by atoms with Gasteiger partial charge in [-0.3, -0.25) is 9.10 Å². The Kier molecular flexibility index (Phi) is 7.12. The first kappa shape index (κ1) is 22.5. The Bertz CT molecular complexity index is 945. The van der Waals surface area contributed by atoms with Crippen molar-refractivity contribution in [1.82, 2.24) is 5.32 Å². The Morgan fingerprint density at radius 2 is 1.79 bits per heavy atom. The van der Waals surface area contributed by atoms with Crippen LogP contribution in [0.15, 0.2) is 48.5 Å².